The van der Waals surface area contributed by atoms with Crippen LogP contribution in [0.4, 0.5) is 0 Å². The van der Waals surface area contributed by atoms with Crippen LogP contribution >= 0.6 is 34.4 Å². The number of hydrogen-bond donors (Lipinski definition) is 1. The number of fused-ring (bicyclic) bond motifs is 1. The van der Waals surface area contributed by atoms with E-state index in [2.05, 4.69) is 40.8 Å². The molecule has 1 atom stereocenters. The third-order valence-corrected chi connectivity index (χ3v) is 3.85. The van der Waals surface area contributed by atoms with Crippen molar-refractivity contribution in [2.75, 3.05) is 5.75 Å². The molecule has 12 heavy (non-hydrogen) atoms. The third kappa shape index (κ3) is 1.63. The van der Waals surface area contributed by atoms with Gasteiger partial charge in [-0.3, -0.25) is 0 Å². The summed E-state index contributed by atoms with van der Waals surface area (Å²) in [6.07, 6.45) is 1.11. The van der Waals surface area contributed by atoms with E-state index in [9.17, 15) is 0 Å². The fraction of sp³-hybridized carbons (Fsp3) is 0.333. The largest absolute Gasteiger partial charge is 0.324 e. The minimum absolute atomic E-state index is 0.260. The quantitative estimate of drug-likeness (QED) is 0.744. The monoisotopic (exact) mass is 291 g/mol. The molecule has 64 valence electrons. The second kappa shape index (κ2) is 3.55. The molecule has 2 N–H and O–H groups in total. The van der Waals surface area contributed by atoms with Crippen molar-refractivity contribution in [3.8, 4) is 0 Å². The van der Waals surface area contributed by atoms with Crippen molar-refractivity contribution in [2.24, 2.45) is 5.73 Å². The minimum Gasteiger partial charge on any atom is -0.324 e. The molecule has 0 aromatic heterocycles. The molecule has 0 amide bonds. The Bertz CT molecular complexity index is 301. The van der Waals surface area contributed by atoms with Crippen LogP contribution in [0.25, 0.3) is 0 Å². The molecule has 0 saturated heterocycles. The first-order valence-corrected chi connectivity index (χ1v) is 6.01. The average molecular weight is 291 g/mol. The Kier molecular flexibility index (Phi) is 2.62. The van der Waals surface area contributed by atoms with Gasteiger partial charge in [0.2, 0.25) is 0 Å². The Morgan fingerprint density at radius 2 is 2.33 bits per heavy atom. The van der Waals surface area contributed by atoms with Gasteiger partial charge in [-0.2, -0.15) is 0 Å². The summed E-state index contributed by atoms with van der Waals surface area (Å²) in [7, 11) is 0. The average Bonchev–Trinajstić information content (AvgIpc) is 2.07. The maximum atomic E-state index is 6.00. The highest BCUT2D eigenvalue weighted by atomic mass is 127. The van der Waals surface area contributed by atoms with Crippen LogP contribution in [-0.4, -0.2) is 5.75 Å². The number of nitrogens with two attached hydrogens (primary N) is 1. The van der Waals surface area contributed by atoms with Crippen LogP contribution in [-0.2, 0) is 0 Å². The lowest BCUT2D eigenvalue weighted by Gasteiger charge is -2.21. The molecule has 1 aromatic rings. The van der Waals surface area contributed by atoms with E-state index in [1.807, 2.05) is 11.8 Å². The zero-order chi connectivity index (χ0) is 8.55. The van der Waals surface area contributed by atoms with Crippen LogP contribution in [0, 0.1) is 3.57 Å². The molecular weight excluding hydrogens is 281 g/mol. The molecule has 1 nitrogen and oxygen atoms in total. The molecule has 0 fully saturated rings. The second-order valence-corrected chi connectivity index (χ2v) is 5.31. The fourth-order valence-corrected chi connectivity index (χ4v) is 3.04. The third-order valence-electron chi connectivity index (χ3n) is 2.06. The SMILES string of the molecule is N[C@H]1CCSc2ccc(I)cc21. The predicted octanol–water partition coefficient (Wildman–Crippen LogP) is 2.79. The molecule has 3 heteroatoms. The van der Waals surface area contributed by atoms with Gasteiger partial charge >= 0.3 is 0 Å². The molecule has 0 radical (unpaired) electrons. The topological polar surface area (TPSA) is 26.0 Å². The first-order valence-electron chi connectivity index (χ1n) is 3.95. The lowest BCUT2D eigenvalue weighted by molar-refractivity contribution is 0.680. The Morgan fingerprint density at radius 3 is 3.17 bits per heavy atom. The van der Waals surface area contributed by atoms with Crippen molar-refractivity contribution in [2.45, 2.75) is 17.4 Å². The van der Waals surface area contributed by atoms with Crippen molar-refractivity contribution < 1.29 is 0 Å². The molecule has 0 spiro atoms. The molecule has 2 rings (SSSR count). The van der Waals surface area contributed by atoms with Crippen LogP contribution in [0.2, 0.25) is 0 Å². The molecular formula is C9H10INS. The van der Waals surface area contributed by atoms with Gasteiger partial charge in [0.05, 0.1) is 0 Å². The summed E-state index contributed by atoms with van der Waals surface area (Å²) in [5.74, 6) is 1.16. The molecule has 1 aliphatic rings. The Morgan fingerprint density at radius 1 is 1.50 bits per heavy atom. The molecule has 1 aromatic carbocycles. The summed E-state index contributed by atoms with van der Waals surface area (Å²) in [6, 6.07) is 6.79. The Balaban J connectivity index is 2.47. The van der Waals surface area contributed by atoms with Crippen LogP contribution in [0.5, 0.6) is 0 Å². The van der Waals surface area contributed by atoms with E-state index < -0.39 is 0 Å². The zero-order valence-electron chi connectivity index (χ0n) is 6.59. The zero-order valence-corrected chi connectivity index (χ0v) is 9.56. The van der Waals surface area contributed by atoms with Gasteiger partial charge < -0.3 is 5.73 Å². The smallest absolute Gasteiger partial charge is 0.0314 e. The number of hydrogen-bond acceptors (Lipinski definition) is 2. The highest BCUT2D eigenvalue weighted by Crippen LogP contribution is 2.35. The molecule has 0 aliphatic carbocycles. The summed E-state index contributed by atoms with van der Waals surface area (Å²) in [4.78, 5) is 1.37. The molecule has 0 unspecified atom stereocenters. The van der Waals surface area contributed by atoms with Crippen molar-refractivity contribution in [3.05, 3.63) is 27.3 Å². The highest BCUT2D eigenvalue weighted by Gasteiger charge is 2.16. The maximum Gasteiger partial charge on any atom is 0.0314 e. The van der Waals surface area contributed by atoms with E-state index in [1.165, 1.54) is 14.0 Å². The first kappa shape index (κ1) is 8.84. The normalized spacial score (nSPS) is 22.0. The summed E-state index contributed by atoms with van der Waals surface area (Å²) < 4.78 is 1.28. The van der Waals surface area contributed by atoms with Crippen LogP contribution in [0.1, 0.15) is 18.0 Å². The molecule has 1 aliphatic heterocycles. The number of halogens is 1. The van der Waals surface area contributed by atoms with Gasteiger partial charge in [-0.25, -0.2) is 0 Å². The van der Waals surface area contributed by atoms with Gasteiger partial charge in [-0.15, -0.1) is 11.8 Å². The van der Waals surface area contributed by atoms with Gasteiger partial charge in [-0.1, -0.05) is 0 Å². The summed E-state index contributed by atoms with van der Waals surface area (Å²) in [6.45, 7) is 0. The number of benzene rings is 1. The van der Waals surface area contributed by atoms with E-state index in [4.69, 9.17) is 5.73 Å². The first-order chi connectivity index (χ1) is 5.77. The standard InChI is InChI=1S/C9H10INS/c10-6-1-2-9-7(5-6)8(11)3-4-12-9/h1-2,5,8H,3-4,11H2/t8-/m0/s1. The van der Waals surface area contributed by atoms with Crippen molar-refractivity contribution in [1.82, 2.24) is 0 Å². The second-order valence-electron chi connectivity index (χ2n) is 2.93. The van der Waals surface area contributed by atoms with E-state index >= 15 is 0 Å². The summed E-state index contributed by atoms with van der Waals surface area (Å²) in [5.41, 5.74) is 7.33. The van der Waals surface area contributed by atoms with Crippen molar-refractivity contribution in [3.63, 3.8) is 0 Å². The number of thioether (sulfide) groups is 1. The van der Waals surface area contributed by atoms with Gasteiger partial charge in [0.25, 0.3) is 0 Å². The van der Waals surface area contributed by atoms with Gasteiger partial charge in [0, 0.05) is 14.5 Å². The van der Waals surface area contributed by atoms with E-state index in [-0.39, 0.29) is 6.04 Å². The van der Waals surface area contributed by atoms with Crippen LogP contribution in [0.15, 0.2) is 23.1 Å². The Labute approximate surface area is 90.2 Å². The van der Waals surface area contributed by atoms with Gasteiger partial charge in [0.15, 0.2) is 0 Å². The minimum atomic E-state index is 0.260. The maximum absolute atomic E-state index is 6.00. The van der Waals surface area contributed by atoms with E-state index in [0.717, 1.165) is 12.2 Å². The predicted molar refractivity (Wildman–Crippen MR) is 61.4 cm³/mol. The summed E-state index contributed by atoms with van der Waals surface area (Å²) in [5, 5.41) is 0. The molecule has 1 heterocycles. The van der Waals surface area contributed by atoms with Crippen LogP contribution in [0.3, 0.4) is 0 Å². The van der Waals surface area contributed by atoms with E-state index in [0.29, 0.717) is 0 Å². The highest BCUT2D eigenvalue weighted by molar-refractivity contribution is 14.1. The van der Waals surface area contributed by atoms with Crippen molar-refractivity contribution in [1.29, 1.82) is 0 Å². The number of rotatable bonds is 0. The lowest BCUT2D eigenvalue weighted by Crippen LogP contribution is -2.15. The fourth-order valence-electron chi connectivity index (χ4n) is 1.39. The molecule has 0 bridgehead atoms. The van der Waals surface area contributed by atoms with Crippen molar-refractivity contribution >= 4 is 34.4 Å². The van der Waals surface area contributed by atoms with E-state index in [1.54, 1.807) is 0 Å². The Hall–Kier alpha value is 0.260. The molecule has 0 saturated carbocycles. The van der Waals surface area contributed by atoms with Gasteiger partial charge in [-0.05, 0) is 58.5 Å². The van der Waals surface area contributed by atoms with Gasteiger partial charge in [0.1, 0.15) is 0 Å². The lowest BCUT2D eigenvalue weighted by atomic mass is 10.1. The summed E-state index contributed by atoms with van der Waals surface area (Å²) >= 11 is 4.25. The van der Waals surface area contributed by atoms with Crippen LogP contribution < -0.4 is 5.73 Å².